The molecular weight excluding hydrogens is 234 g/mol. The van der Waals surface area contributed by atoms with Crippen LogP contribution in [-0.4, -0.2) is 6.54 Å². The lowest BCUT2D eigenvalue weighted by Gasteiger charge is -2.36. The van der Waals surface area contributed by atoms with E-state index in [2.05, 4.69) is 32.2 Å². The number of rotatable bonds is 5. The zero-order valence-electron chi connectivity index (χ0n) is 12.9. The second kappa shape index (κ2) is 6.60. The van der Waals surface area contributed by atoms with Gasteiger partial charge in [0.15, 0.2) is 0 Å². The van der Waals surface area contributed by atoms with Crippen LogP contribution in [0.1, 0.15) is 63.8 Å². The molecule has 1 aromatic heterocycles. The van der Waals surface area contributed by atoms with Crippen molar-refractivity contribution in [2.24, 2.45) is 17.8 Å². The van der Waals surface area contributed by atoms with Gasteiger partial charge in [-0.25, -0.2) is 0 Å². The standard InChI is InChI=1S/C17H29NO/c1-5-6-18-17(16-10-14(4)19-11-16)15-8-12(2)7-13(3)9-15/h10-13,15,17-18H,5-9H2,1-4H3. The van der Waals surface area contributed by atoms with Crippen molar-refractivity contribution >= 4 is 0 Å². The summed E-state index contributed by atoms with van der Waals surface area (Å²) in [5.74, 6) is 3.48. The Hall–Kier alpha value is -0.760. The van der Waals surface area contributed by atoms with Crippen molar-refractivity contribution in [2.45, 2.75) is 59.4 Å². The Labute approximate surface area is 118 Å². The zero-order chi connectivity index (χ0) is 13.8. The average Bonchev–Trinajstić information content (AvgIpc) is 2.75. The van der Waals surface area contributed by atoms with Gasteiger partial charge in [-0.2, -0.15) is 0 Å². The largest absolute Gasteiger partial charge is 0.469 e. The maximum atomic E-state index is 5.53. The predicted molar refractivity (Wildman–Crippen MR) is 80.1 cm³/mol. The molecule has 108 valence electrons. The van der Waals surface area contributed by atoms with E-state index in [0.29, 0.717) is 6.04 Å². The molecule has 1 N–H and O–H groups in total. The minimum Gasteiger partial charge on any atom is -0.469 e. The summed E-state index contributed by atoms with van der Waals surface area (Å²) in [5, 5.41) is 3.75. The third-order valence-electron chi connectivity index (χ3n) is 4.41. The highest BCUT2D eigenvalue weighted by atomic mass is 16.3. The molecule has 0 saturated heterocycles. The fraction of sp³-hybridized carbons (Fsp3) is 0.765. The topological polar surface area (TPSA) is 25.2 Å². The number of aryl methyl sites for hydroxylation is 1. The molecule has 1 aliphatic carbocycles. The van der Waals surface area contributed by atoms with Crippen LogP contribution >= 0.6 is 0 Å². The van der Waals surface area contributed by atoms with Gasteiger partial charge in [-0.15, -0.1) is 0 Å². The first-order valence-corrected chi connectivity index (χ1v) is 7.88. The van der Waals surface area contributed by atoms with Gasteiger partial charge in [-0.3, -0.25) is 0 Å². The molecule has 0 aromatic carbocycles. The lowest BCUT2D eigenvalue weighted by atomic mass is 9.72. The molecule has 2 heteroatoms. The molecule has 0 radical (unpaired) electrons. The van der Waals surface area contributed by atoms with Gasteiger partial charge in [0, 0.05) is 11.6 Å². The summed E-state index contributed by atoms with van der Waals surface area (Å²) in [4.78, 5) is 0. The lowest BCUT2D eigenvalue weighted by Crippen LogP contribution is -2.33. The monoisotopic (exact) mass is 263 g/mol. The summed E-state index contributed by atoms with van der Waals surface area (Å²) in [7, 11) is 0. The average molecular weight is 263 g/mol. The first-order valence-electron chi connectivity index (χ1n) is 7.88. The SMILES string of the molecule is CCCNC(c1coc(C)c1)C1CC(C)CC(C)C1. The molecule has 1 saturated carbocycles. The number of furan rings is 1. The van der Waals surface area contributed by atoms with E-state index in [9.17, 15) is 0 Å². The smallest absolute Gasteiger partial charge is 0.101 e. The maximum absolute atomic E-state index is 5.53. The fourth-order valence-electron chi connectivity index (χ4n) is 3.76. The van der Waals surface area contributed by atoms with Crippen LogP contribution in [0.5, 0.6) is 0 Å². The summed E-state index contributed by atoms with van der Waals surface area (Å²) in [5.41, 5.74) is 1.34. The Kier molecular flexibility index (Phi) is 5.09. The quantitative estimate of drug-likeness (QED) is 0.833. The van der Waals surface area contributed by atoms with Crippen LogP contribution in [0.25, 0.3) is 0 Å². The van der Waals surface area contributed by atoms with Gasteiger partial charge >= 0.3 is 0 Å². The van der Waals surface area contributed by atoms with Crippen LogP contribution in [0.15, 0.2) is 16.7 Å². The first-order chi connectivity index (χ1) is 9.10. The van der Waals surface area contributed by atoms with Gasteiger partial charge in [-0.1, -0.05) is 20.8 Å². The molecule has 1 aromatic rings. The Bertz CT molecular complexity index is 374. The molecule has 0 aliphatic heterocycles. The lowest BCUT2D eigenvalue weighted by molar-refractivity contribution is 0.176. The van der Waals surface area contributed by atoms with Crippen LogP contribution in [-0.2, 0) is 0 Å². The van der Waals surface area contributed by atoms with E-state index in [1.165, 1.54) is 31.2 Å². The van der Waals surface area contributed by atoms with Crippen molar-refractivity contribution < 1.29 is 4.42 Å². The summed E-state index contributed by atoms with van der Waals surface area (Å²) in [6, 6.07) is 2.68. The van der Waals surface area contributed by atoms with Crippen molar-refractivity contribution in [1.29, 1.82) is 0 Å². The summed E-state index contributed by atoms with van der Waals surface area (Å²) in [6.45, 7) is 10.2. The van der Waals surface area contributed by atoms with E-state index in [1.807, 2.05) is 13.2 Å². The molecule has 2 nitrogen and oxygen atoms in total. The second-order valence-electron chi connectivity index (χ2n) is 6.60. The van der Waals surface area contributed by atoms with E-state index < -0.39 is 0 Å². The third-order valence-corrected chi connectivity index (χ3v) is 4.41. The molecule has 2 rings (SSSR count). The Morgan fingerprint density at radius 2 is 1.95 bits per heavy atom. The van der Waals surface area contributed by atoms with Gasteiger partial charge in [0.2, 0.25) is 0 Å². The summed E-state index contributed by atoms with van der Waals surface area (Å²) < 4.78 is 5.53. The summed E-state index contributed by atoms with van der Waals surface area (Å²) >= 11 is 0. The molecule has 1 aliphatic rings. The Morgan fingerprint density at radius 1 is 1.26 bits per heavy atom. The summed E-state index contributed by atoms with van der Waals surface area (Å²) in [6.07, 6.45) is 7.21. The van der Waals surface area contributed by atoms with E-state index in [4.69, 9.17) is 4.42 Å². The van der Waals surface area contributed by atoms with Crippen LogP contribution in [0, 0.1) is 24.7 Å². The number of nitrogens with one attached hydrogen (secondary N) is 1. The second-order valence-corrected chi connectivity index (χ2v) is 6.60. The van der Waals surface area contributed by atoms with E-state index >= 15 is 0 Å². The molecular formula is C17H29NO. The highest BCUT2D eigenvalue weighted by molar-refractivity contribution is 5.17. The molecule has 0 amide bonds. The number of hydrogen-bond donors (Lipinski definition) is 1. The molecule has 1 heterocycles. The molecule has 19 heavy (non-hydrogen) atoms. The Morgan fingerprint density at radius 3 is 2.47 bits per heavy atom. The van der Waals surface area contributed by atoms with E-state index in [1.54, 1.807) is 0 Å². The Balaban J connectivity index is 2.12. The fourth-order valence-corrected chi connectivity index (χ4v) is 3.76. The van der Waals surface area contributed by atoms with Gasteiger partial charge in [0.1, 0.15) is 5.76 Å². The third kappa shape index (κ3) is 3.85. The van der Waals surface area contributed by atoms with Gasteiger partial charge in [0.05, 0.1) is 6.26 Å². The molecule has 3 unspecified atom stereocenters. The van der Waals surface area contributed by atoms with Crippen molar-refractivity contribution in [2.75, 3.05) is 6.54 Å². The van der Waals surface area contributed by atoms with Crippen molar-refractivity contribution in [3.05, 3.63) is 23.7 Å². The van der Waals surface area contributed by atoms with Gasteiger partial charge < -0.3 is 9.73 Å². The van der Waals surface area contributed by atoms with E-state index in [-0.39, 0.29) is 0 Å². The van der Waals surface area contributed by atoms with Crippen LogP contribution < -0.4 is 5.32 Å². The zero-order valence-corrected chi connectivity index (χ0v) is 12.9. The maximum Gasteiger partial charge on any atom is 0.101 e. The normalized spacial score (nSPS) is 29.4. The molecule has 0 bridgehead atoms. The first kappa shape index (κ1) is 14.6. The number of hydrogen-bond acceptors (Lipinski definition) is 2. The van der Waals surface area contributed by atoms with Crippen LogP contribution in [0.2, 0.25) is 0 Å². The van der Waals surface area contributed by atoms with E-state index in [0.717, 1.165) is 30.1 Å². The van der Waals surface area contributed by atoms with Gasteiger partial charge in [0.25, 0.3) is 0 Å². The van der Waals surface area contributed by atoms with Crippen LogP contribution in [0.3, 0.4) is 0 Å². The molecule has 1 fully saturated rings. The van der Waals surface area contributed by atoms with Crippen LogP contribution in [0.4, 0.5) is 0 Å². The highest BCUT2D eigenvalue weighted by Gasteiger charge is 2.31. The van der Waals surface area contributed by atoms with Crippen molar-refractivity contribution in [3.8, 4) is 0 Å². The van der Waals surface area contributed by atoms with Gasteiger partial charge in [-0.05, 0) is 63.0 Å². The van der Waals surface area contributed by atoms with Crippen molar-refractivity contribution in [1.82, 2.24) is 5.32 Å². The predicted octanol–water partition coefficient (Wildman–Crippen LogP) is 4.70. The minimum absolute atomic E-state index is 0.475. The van der Waals surface area contributed by atoms with Crippen molar-refractivity contribution in [3.63, 3.8) is 0 Å². The highest BCUT2D eigenvalue weighted by Crippen LogP contribution is 2.40. The minimum atomic E-state index is 0.475. The molecule has 3 atom stereocenters. The molecule has 0 spiro atoms.